The second-order valence-corrected chi connectivity index (χ2v) is 7.82. The fourth-order valence-electron chi connectivity index (χ4n) is 4.03. The third-order valence-electron chi connectivity index (χ3n) is 5.40. The van der Waals surface area contributed by atoms with Gasteiger partial charge in [0.25, 0.3) is 0 Å². The molecule has 1 aromatic carbocycles. The number of rotatable bonds is 6. The van der Waals surface area contributed by atoms with E-state index < -0.39 is 0 Å². The molecule has 2 aromatic heterocycles. The Labute approximate surface area is 182 Å². The minimum Gasteiger partial charge on any atom is -0.497 e. The zero-order chi connectivity index (χ0) is 21.8. The van der Waals surface area contributed by atoms with E-state index in [1.165, 1.54) is 0 Å². The van der Waals surface area contributed by atoms with E-state index in [0.29, 0.717) is 18.2 Å². The van der Waals surface area contributed by atoms with Gasteiger partial charge in [-0.25, -0.2) is 15.0 Å². The Bertz CT molecular complexity index is 1060. The quantitative estimate of drug-likeness (QED) is 0.649. The molecule has 1 unspecified atom stereocenters. The van der Waals surface area contributed by atoms with Crippen molar-refractivity contribution in [2.75, 3.05) is 19.0 Å². The van der Waals surface area contributed by atoms with E-state index in [1.54, 1.807) is 7.11 Å². The SMILES string of the molecule is COc1cccc(CC(=O)N2CCCC2c2cccc(Nc3nc(C)cc(C)n3)n2)c1. The van der Waals surface area contributed by atoms with Gasteiger partial charge in [-0.1, -0.05) is 18.2 Å². The maximum atomic E-state index is 13.1. The highest BCUT2D eigenvalue weighted by Crippen LogP contribution is 2.32. The van der Waals surface area contributed by atoms with Gasteiger partial charge in [0, 0.05) is 17.9 Å². The third kappa shape index (κ3) is 4.99. The number of carbonyl (C=O) groups excluding carboxylic acids is 1. The van der Waals surface area contributed by atoms with E-state index >= 15 is 0 Å². The molecule has 7 heteroatoms. The van der Waals surface area contributed by atoms with E-state index in [4.69, 9.17) is 9.72 Å². The number of hydrogen-bond donors (Lipinski definition) is 1. The van der Waals surface area contributed by atoms with Crippen LogP contribution < -0.4 is 10.1 Å². The molecule has 31 heavy (non-hydrogen) atoms. The molecule has 7 nitrogen and oxygen atoms in total. The first kappa shape index (κ1) is 20.8. The molecular weight excluding hydrogens is 390 g/mol. The molecule has 1 aliphatic heterocycles. The van der Waals surface area contributed by atoms with Crippen molar-refractivity contribution in [1.82, 2.24) is 19.9 Å². The summed E-state index contributed by atoms with van der Waals surface area (Å²) in [5.41, 5.74) is 3.63. The Hall–Kier alpha value is -3.48. The Morgan fingerprint density at radius 1 is 1.10 bits per heavy atom. The Morgan fingerprint density at radius 2 is 1.87 bits per heavy atom. The molecule has 160 valence electrons. The van der Waals surface area contributed by atoms with E-state index in [0.717, 1.165) is 47.8 Å². The van der Waals surface area contributed by atoms with Crippen molar-refractivity contribution in [2.45, 2.75) is 39.2 Å². The minimum absolute atomic E-state index is 0.0278. The summed E-state index contributed by atoms with van der Waals surface area (Å²) >= 11 is 0. The van der Waals surface area contributed by atoms with E-state index in [1.807, 2.05) is 67.3 Å². The fraction of sp³-hybridized carbons (Fsp3) is 0.333. The summed E-state index contributed by atoms with van der Waals surface area (Å²) in [4.78, 5) is 28.6. The number of pyridine rings is 1. The molecule has 1 atom stereocenters. The average molecular weight is 418 g/mol. The highest BCUT2D eigenvalue weighted by atomic mass is 16.5. The van der Waals surface area contributed by atoms with Gasteiger partial charge in [0.1, 0.15) is 11.6 Å². The minimum atomic E-state index is -0.0278. The van der Waals surface area contributed by atoms with Crippen LogP contribution in [0, 0.1) is 13.8 Å². The van der Waals surface area contributed by atoms with Crippen molar-refractivity contribution in [2.24, 2.45) is 0 Å². The molecule has 0 radical (unpaired) electrons. The summed E-state index contributed by atoms with van der Waals surface area (Å²) in [6.07, 6.45) is 2.22. The van der Waals surface area contributed by atoms with Crippen molar-refractivity contribution in [3.05, 3.63) is 71.2 Å². The maximum Gasteiger partial charge on any atom is 0.228 e. The van der Waals surface area contributed by atoms with Gasteiger partial charge in [0.2, 0.25) is 11.9 Å². The fourth-order valence-corrected chi connectivity index (χ4v) is 4.03. The van der Waals surface area contributed by atoms with E-state index in [9.17, 15) is 4.79 Å². The van der Waals surface area contributed by atoms with Gasteiger partial charge < -0.3 is 15.0 Å². The number of hydrogen-bond acceptors (Lipinski definition) is 6. The normalized spacial score (nSPS) is 15.7. The van der Waals surface area contributed by atoms with E-state index in [2.05, 4.69) is 15.3 Å². The molecule has 3 heterocycles. The number of ether oxygens (including phenoxy) is 1. The third-order valence-corrected chi connectivity index (χ3v) is 5.40. The predicted octanol–water partition coefficient (Wildman–Crippen LogP) is 4.15. The van der Waals surface area contributed by atoms with Gasteiger partial charge in [-0.05, 0) is 62.6 Å². The molecule has 1 aliphatic rings. The second kappa shape index (κ2) is 9.12. The molecule has 1 saturated heterocycles. The highest BCUT2D eigenvalue weighted by Gasteiger charge is 2.31. The molecule has 0 bridgehead atoms. The van der Waals surface area contributed by atoms with Gasteiger partial charge in [0.05, 0.1) is 25.3 Å². The topological polar surface area (TPSA) is 80.2 Å². The van der Waals surface area contributed by atoms with Crippen molar-refractivity contribution < 1.29 is 9.53 Å². The van der Waals surface area contributed by atoms with Gasteiger partial charge in [-0.3, -0.25) is 4.79 Å². The lowest BCUT2D eigenvalue weighted by Crippen LogP contribution is -2.32. The lowest BCUT2D eigenvalue weighted by molar-refractivity contribution is -0.131. The zero-order valence-electron chi connectivity index (χ0n) is 18.1. The lowest BCUT2D eigenvalue weighted by Gasteiger charge is -2.25. The number of amides is 1. The smallest absolute Gasteiger partial charge is 0.228 e. The molecule has 1 fully saturated rings. The van der Waals surface area contributed by atoms with Crippen LogP contribution in [0.15, 0.2) is 48.5 Å². The number of likely N-dealkylation sites (tertiary alicyclic amines) is 1. The number of aryl methyl sites for hydroxylation is 2. The number of nitrogens with zero attached hydrogens (tertiary/aromatic N) is 4. The van der Waals surface area contributed by atoms with Crippen molar-refractivity contribution in [3.8, 4) is 5.75 Å². The molecule has 0 saturated carbocycles. The summed E-state index contributed by atoms with van der Waals surface area (Å²) in [6, 6.07) is 15.4. The van der Waals surface area contributed by atoms with Crippen molar-refractivity contribution in [3.63, 3.8) is 0 Å². The van der Waals surface area contributed by atoms with Crippen molar-refractivity contribution >= 4 is 17.7 Å². The number of nitrogens with one attached hydrogen (secondary N) is 1. The first-order valence-electron chi connectivity index (χ1n) is 10.5. The number of carbonyl (C=O) groups is 1. The first-order valence-corrected chi connectivity index (χ1v) is 10.5. The number of aromatic nitrogens is 3. The molecule has 0 aliphatic carbocycles. The van der Waals surface area contributed by atoms with Gasteiger partial charge in [-0.2, -0.15) is 0 Å². The van der Waals surface area contributed by atoms with Crippen LogP contribution in [0.5, 0.6) is 5.75 Å². The summed E-state index contributed by atoms with van der Waals surface area (Å²) in [5.74, 6) is 2.07. The van der Waals surface area contributed by atoms with Crippen LogP contribution in [-0.4, -0.2) is 39.4 Å². The monoisotopic (exact) mass is 417 g/mol. The maximum absolute atomic E-state index is 13.1. The van der Waals surface area contributed by atoms with Gasteiger partial charge in [-0.15, -0.1) is 0 Å². The van der Waals surface area contributed by atoms with Crippen LogP contribution in [0.4, 0.5) is 11.8 Å². The average Bonchev–Trinajstić information content (AvgIpc) is 3.23. The van der Waals surface area contributed by atoms with Crippen LogP contribution in [0.3, 0.4) is 0 Å². The zero-order valence-corrected chi connectivity index (χ0v) is 18.1. The van der Waals surface area contributed by atoms with Crippen LogP contribution >= 0.6 is 0 Å². The standard InChI is InChI=1S/C24H27N5O2/c1-16-13-17(2)26-24(25-16)28-22-11-5-9-20(27-22)21-10-6-12-29(21)23(30)15-18-7-4-8-19(14-18)31-3/h4-5,7-9,11,13-14,21H,6,10,12,15H2,1-3H3,(H,25,26,27,28). The predicted molar refractivity (Wildman–Crippen MR) is 119 cm³/mol. The summed E-state index contributed by atoms with van der Waals surface area (Å²) < 4.78 is 5.28. The largest absolute Gasteiger partial charge is 0.497 e. The highest BCUT2D eigenvalue weighted by molar-refractivity contribution is 5.79. The van der Waals surface area contributed by atoms with Crippen LogP contribution in [-0.2, 0) is 11.2 Å². The van der Waals surface area contributed by atoms with Crippen LogP contribution in [0.2, 0.25) is 0 Å². The molecule has 1 N–H and O–H groups in total. The Balaban J connectivity index is 1.50. The lowest BCUT2D eigenvalue weighted by atomic mass is 10.1. The first-order chi connectivity index (χ1) is 15.0. The molecule has 0 spiro atoms. The van der Waals surface area contributed by atoms with Gasteiger partial charge in [0.15, 0.2) is 0 Å². The second-order valence-electron chi connectivity index (χ2n) is 7.82. The number of anilines is 2. The van der Waals surface area contributed by atoms with E-state index in [-0.39, 0.29) is 11.9 Å². The number of benzene rings is 1. The molecular formula is C24H27N5O2. The summed E-state index contributed by atoms with van der Waals surface area (Å²) in [6.45, 7) is 4.62. The van der Waals surface area contributed by atoms with Crippen LogP contribution in [0.25, 0.3) is 0 Å². The molecule has 4 rings (SSSR count). The molecule has 3 aromatic rings. The number of methoxy groups -OCH3 is 1. The summed E-state index contributed by atoms with van der Waals surface area (Å²) in [5, 5.41) is 3.20. The summed E-state index contributed by atoms with van der Waals surface area (Å²) in [7, 11) is 1.63. The van der Waals surface area contributed by atoms with Gasteiger partial charge >= 0.3 is 0 Å². The molecule has 1 amide bonds. The Kier molecular flexibility index (Phi) is 6.11. The Morgan fingerprint density at radius 3 is 2.65 bits per heavy atom. The van der Waals surface area contributed by atoms with Crippen LogP contribution in [0.1, 0.15) is 41.5 Å². The van der Waals surface area contributed by atoms with Crippen molar-refractivity contribution in [1.29, 1.82) is 0 Å².